The third-order valence-corrected chi connectivity index (χ3v) is 10.1. The van der Waals surface area contributed by atoms with Gasteiger partial charge in [-0.2, -0.15) is 0 Å². The molecule has 0 fully saturated rings. The Bertz CT molecular complexity index is 753. The maximum Gasteiger partial charge on any atom is 0.306 e. The molecule has 6 nitrogen and oxygen atoms in total. The lowest BCUT2D eigenvalue weighted by atomic mass is 10.0. The molecule has 0 aromatic rings. The Hall–Kier alpha value is -1.59. The molecule has 0 aromatic heterocycles. The zero-order valence-corrected chi connectivity index (χ0v) is 34.4. The Labute approximate surface area is 317 Å². The molecule has 51 heavy (non-hydrogen) atoms. The first-order valence-corrected chi connectivity index (χ1v) is 22.5. The van der Waals surface area contributed by atoms with E-state index < -0.39 is 6.10 Å². The van der Waals surface area contributed by atoms with Crippen LogP contribution in [0.5, 0.6) is 0 Å². The molecule has 0 aliphatic rings. The molecule has 0 heterocycles. The fraction of sp³-hybridized carbons (Fsp3) is 0.933. The molecular weight excluding hydrogens is 636 g/mol. The number of unbranched alkanes of at least 4 members (excludes halogenated alkanes) is 30. The topological polar surface area (TPSA) is 78.9 Å². The molecule has 0 aromatic carbocycles. The van der Waals surface area contributed by atoms with Crippen molar-refractivity contribution in [2.75, 3.05) is 13.2 Å². The normalized spacial score (nSPS) is 11.8. The fourth-order valence-electron chi connectivity index (χ4n) is 6.68. The lowest BCUT2D eigenvalue weighted by Gasteiger charge is -2.18. The molecule has 0 N–H and O–H groups in total. The zero-order chi connectivity index (χ0) is 37.3. The van der Waals surface area contributed by atoms with Crippen molar-refractivity contribution in [1.82, 2.24) is 0 Å². The smallest absolute Gasteiger partial charge is 0.306 e. The highest BCUT2D eigenvalue weighted by Gasteiger charge is 2.19. The lowest BCUT2D eigenvalue weighted by molar-refractivity contribution is -0.167. The van der Waals surface area contributed by atoms with Crippen molar-refractivity contribution < 1.29 is 28.6 Å². The van der Waals surface area contributed by atoms with Gasteiger partial charge in [-0.05, 0) is 19.3 Å². The maximum absolute atomic E-state index is 12.7. The molecule has 0 bridgehead atoms. The molecule has 0 aliphatic carbocycles. The van der Waals surface area contributed by atoms with E-state index in [1.165, 1.54) is 154 Å². The number of carbonyl (C=O) groups excluding carboxylic acids is 3. The molecule has 1 atom stereocenters. The van der Waals surface area contributed by atoms with Gasteiger partial charge in [0, 0.05) is 19.3 Å². The van der Waals surface area contributed by atoms with Crippen molar-refractivity contribution in [2.24, 2.45) is 0 Å². The number of hydrogen-bond acceptors (Lipinski definition) is 6. The number of carbonyl (C=O) groups is 3. The van der Waals surface area contributed by atoms with Gasteiger partial charge >= 0.3 is 17.9 Å². The SMILES string of the molecule is CCCCCCCCCCCCCCCCC(=O)O[C@@H](COC(=O)CCCCCCCCCCC)COC(=O)CCCCCCCCCCCC. The fourth-order valence-corrected chi connectivity index (χ4v) is 6.68. The van der Waals surface area contributed by atoms with E-state index in [2.05, 4.69) is 20.8 Å². The van der Waals surface area contributed by atoms with Crippen LogP contribution in [0.1, 0.15) is 252 Å². The van der Waals surface area contributed by atoms with Crippen molar-refractivity contribution in [3.05, 3.63) is 0 Å². The summed E-state index contributed by atoms with van der Waals surface area (Å²) in [6.07, 6.45) is 40.8. The molecular formula is C45H86O6. The first-order valence-electron chi connectivity index (χ1n) is 22.5. The highest BCUT2D eigenvalue weighted by Crippen LogP contribution is 2.15. The Morgan fingerprint density at radius 1 is 0.314 bits per heavy atom. The number of hydrogen-bond donors (Lipinski definition) is 0. The standard InChI is InChI=1S/C45H86O6/c1-4-7-10-13-16-19-21-22-23-24-27-30-33-36-39-45(48)51-42(40-49-43(46)37-34-31-28-25-18-15-12-9-6-3)41-50-44(47)38-35-32-29-26-20-17-14-11-8-5-2/h42H,4-41H2,1-3H3/t42-/m0/s1. The van der Waals surface area contributed by atoms with Gasteiger partial charge in [0.15, 0.2) is 6.10 Å². The Kier molecular flexibility index (Phi) is 39.9. The van der Waals surface area contributed by atoms with Crippen LogP contribution in [-0.2, 0) is 28.6 Å². The largest absolute Gasteiger partial charge is 0.462 e. The summed E-state index contributed by atoms with van der Waals surface area (Å²) in [5.41, 5.74) is 0. The van der Waals surface area contributed by atoms with Gasteiger partial charge in [-0.3, -0.25) is 14.4 Å². The number of esters is 3. The molecule has 0 spiro atoms. The highest BCUT2D eigenvalue weighted by molar-refractivity contribution is 5.71. The van der Waals surface area contributed by atoms with Crippen LogP contribution in [0.3, 0.4) is 0 Å². The molecule has 0 unspecified atom stereocenters. The summed E-state index contributed by atoms with van der Waals surface area (Å²) in [5, 5.41) is 0. The predicted molar refractivity (Wildman–Crippen MR) is 215 cm³/mol. The number of ether oxygens (including phenoxy) is 3. The minimum atomic E-state index is -0.757. The van der Waals surface area contributed by atoms with Crippen LogP contribution in [0.2, 0.25) is 0 Å². The minimum Gasteiger partial charge on any atom is -0.462 e. The summed E-state index contributed by atoms with van der Waals surface area (Å²) in [5.74, 6) is -0.856. The van der Waals surface area contributed by atoms with Gasteiger partial charge in [0.2, 0.25) is 0 Å². The van der Waals surface area contributed by atoms with Crippen LogP contribution in [0.4, 0.5) is 0 Å². The molecule has 0 rings (SSSR count). The quantitative estimate of drug-likeness (QED) is 0.0355. The maximum atomic E-state index is 12.7. The van der Waals surface area contributed by atoms with E-state index in [-0.39, 0.29) is 31.1 Å². The van der Waals surface area contributed by atoms with Crippen LogP contribution in [0.15, 0.2) is 0 Å². The summed E-state index contributed by atoms with van der Waals surface area (Å²) in [4.78, 5) is 37.6. The van der Waals surface area contributed by atoms with E-state index in [4.69, 9.17) is 14.2 Å². The lowest BCUT2D eigenvalue weighted by Crippen LogP contribution is -2.30. The summed E-state index contributed by atoms with van der Waals surface area (Å²) in [7, 11) is 0. The Morgan fingerprint density at radius 2 is 0.529 bits per heavy atom. The van der Waals surface area contributed by atoms with Crippen LogP contribution in [0.25, 0.3) is 0 Å². The summed E-state index contributed by atoms with van der Waals surface area (Å²) >= 11 is 0. The van der Waals surface area contributed by atoms with Gasteiger partial charge in [-0.25, -0.2) is 0 Å². The van der Waals surface area contributed by atoms with E-state index in [1.807, 2.05) is 0 Å². The van der Waals surface area contributed by atoms with Crippen molar-refractivity contribution in [1.29, 1.82) is 0 Å². The molecule has 0 saturated carbocycles. The van der Waals surface area contributed by atoms with Crippen LogP contribution in [0, 0.1) is 0 Å². The van der Waals surface area contributed by atoms with Gasteiger partial charge in [-0.1, -0.05) is 213 Å². The van der Waals surface area contributed by atoms with Crippen molar-refractivity contribution >= 4 is 17.9 Å². The van der Waals surface area contributed by atoms with E-state index in [0.717, 1.165) is 57.8 Å². The molecule has 0 saturated heterocycles. The van der Waals surface area contributed by atoms with Gasteiger partial charge < -0.3 is 14.2 Å². The highest BCUT2D eigenvalue weighted by atomic mass is 16.6. The van der Waals surface area contributed by atoms with Gasteiger partial charge in [0.05, 0.1) is 0 Å². The molecule has 302 valence electrons. The van der Waals surface area contributed by atoms with E-state index in [1.54, 1.807) is 0 Å². The first kappa shape index (κ1) is 49.4. The van der Waals surface area contributed by atoms with Gasteiger partial charge in [-0.15, -0.1) is 0 Å². The van der Waals surface area contributed by atoms with E-state index >= 15 is 0 Å². The van der Waals surface area contributed by atoms with Gasteiger partial charge in [0.25, 0.3) is 0 Å². The molecule has 6 heteroatoms. The molecule has 0 radical (unpaired) electrons. The van der Waals surface area contributed by atoms with Crippen LogP contribution < -0.4 is 0 Å². The van der Waals surface area contributed by atoms with Crippen molar-refractivity contribution in [3.63, 3.8) is 0 Å². The monoisotopic (exact) mass is 723 g/mol. The van der Waals surface area contributed by atoms with Crippen LogP contribution in [-0.4, -0.2) is 37.2 Å². The van der Waals surface area contributed by atoms with E-state index in [0.29, 0.717) is 19.3 Å². The van der Waals surface area contributed by atoms with E-state index in [9.17, 15) is 14.4 Å². The third-order valence-electron chi connectivity index (χ3n) is 10.1. The minimum absolute atomic E-state index is 0.0631. The first-order chi connectivity index (χ1) is 25.0. The second kappa shape index (κ2) is 41.2. The Balaban J connectivity index is 4.30. The third kappa shape index (κ3) is 39.5. The molecule has 0 amide bonds. The summed E-state index contributed by atoms with van der Waals surface area (Å²) in [6.45, 7) is 6.62. The second-order valence-electron chi connectivity index (χ2n) is 15.3. The van der Waals surface area contributed by atoms with Crippen LogP contribution >= 0.6 is 0 Å². The molecule has 0 aliphatic heterocycles. The van der Waals surface area contributed by atoms with Crippen molar-refractivity contribution in [3.8, 4) is 0 Å². The number of rotatable bonds is 41. The summed E-state index contributed by atoms with van der Waals surface area (Å²) in [6, 6.07) is 0. The Morgan fingerprint density at radius 3 is 0.784 bits per heavy atom. The predicted octanol–water partition coefficient (Wildman–Crippen LogP) is 14.1. The van der Waals surface area contributed by atoms with Gasteiger partial charge in [0.1, 0.15) is 13.2 Å². The average Bonchev–Trinajstić information content (AvgIpc) is 3.12. The second-order valence-corrected chi connectivity index (χ2v) is 15.3. The van der Waals surface area contributed by atoms with Crippen molar-refractivity contribution in [2.45, 2.75) is 258 Å². The average molecular weight is 723 g/mol. The summed E-state index contributed by atoms with van der Waals surface area (Å²) < 4.78 is 16.7. The zero-order valence-electron chi connectivity index (χ0n) is 34.4.